The quantitative estimate of drug-likeness (QED) is 0.269. The van der Waals surface area contributed by atoms with Crippen molar-refractivity contribution in [2.24, 2.45) is 0 Å². The van der Waals surface area contributed by atoms with Crippen molar-refractivity contribution in [2.75, 3.05) is 0 Å². The Morgan fingerprint density at radius 2 is 0.966 bits per heavy atom. The molecule has 0 radical (unpaired) electrons. The smallest absolute Gasteiger partial charge is 0.545 e. The monoisotopic (exact) mass is 468 g/mol. The number of carbonyl (C=O) groups excluding carboxylic acids is 2. The molecule has 0 aromatic heterocycles. The van der Waals surface area contributed by atoms with Crippen LogP contribution in [0, 0.1) is 43.5 Å². The van der Waals surface area contributed by atoms with Gasteiger partial charge < -0.3 is 19.8 Å². The van der Waals surface area contributed by atoms with Crippen LogP contribution in [0.25, 0.3) is 0 Å². The zero-order valence-corrected chi connectivity index (χ0v) is 16.7. The van der Waals surface area contributed by atoms with Crippen LogP contribution in [0.3, 0.4) is 0 Å². The molecule has 148 valence electrons. The van der Waals surface area contributed by atoms with Crippen LogP contribution in [0.5, 0.6) is 0 Å². The maximum absolute atomic E-state index is 12.9. The Morgan fingerprint density at radius 1 is 0.690 bits per heavy atom. The van der Waals surface area contributed by atoms with Crippen LogP contribution in [-0.4, -0.2) is 21.8 Å². The fraction of sp³-hybridized carbons (Fsp3) is 0. The van der Waals surface area contributed by atoms with Crippen LogP contribution in [0.15, 0.2) is 24.3 Å². The minimum Gasteiger partial charge on any atom is -0.545 e. The van der Waals surface area contributed by atoms with E-state index in [0.29, 0.717) is 24.3 Å². The fourth-order valence-corrected chi connectivity index (χ4v) is 1.74. The van der Waals surface area contributed by atoms with Gasteiger partial charge in [0.15, 0.2) is 0 Å². The topological polar surface area (TPSA) is 167 Å². The van der Waals surface area contributed by atoms with Crippen molar-refractivity contribution in [3.8, 4) is 0 Å². The van der Waals surface area contributed by atoms with Crippen LogP contribution >= 0.6 is 0 Å². The van der Waals surface area contributed by atoms with E-state index in [0.717, 1.165) is 0 Å². The summed E-state index contributed by atoms with van der Waals surface area (Å²) in [5.74, 6) is -10.6. The first-order chi connectivity index (χ1) is 12.9. The second kappa shape index (κ2) is 10.2. The number of carbonyl (C=O) groups is 2. The molecule has 0 N–H and O–H groups in total. The van der Waals surface area contributed by atoms with Gasteiger partial charge in [0.05, 0.1) is 32.9 Å². The van der Waals surface area contributed by atoms with E-state index in [9.17, 15) is 57.6 Å². The van der Waals surface area contributed by atoms with Gasteiger partial charge in [-0.3, -0.25) is 20.2 Å². The molecule has 0 heterocycles. The van der Waals surface area contributed by atoms with Gasteiger partial charge in [-0.15, -0.1) is 0 Å². The van der Waals surface area contributed by atoms with Crippen LogP contribution in [-0.2, 0) is 19.5 Å². The predicted molar refractivity (Wildman–Crippen MR) is 74.7 cm³/mol. The minimum atomic E-state index is -2.14. The molecule has 0 bridgehead atoms. The van der Waals surface area contributed by atoms with E-state index in [4.69, 9.17) is 0 Å². The molecule has 0 saturated carbocycles. The van der Waals surface area contributed by atoms with E-state index in [1.54, 1.807) is 0 Å². The molecule has 2 rings (SSSR count). The van der Waals surface area contributed by atoms with Crippen molar-refractivity contribution in [1.29, 1.82) is 0 Å². The molecule has 0 spiro atoms. The van der Waals surface area contributed by atoms with E-state index in [1.165, 1.54) is 0 Å². The maximum Gasteiger partial charge on any atom is 2.00 e. The molecule has 0 unspecified atom stereocenters. The van der Waals surface area contributed by atoms with E-state index in [-0.39, 0.29) is 19.5 Å². The Bertz CT molecular complexity index is 923. The molecule has 0 atom stereocenters. The summed E-state index contributed by atoms with van der Waals surface area (Å²) in [5.41, 5.74) is -5.07. The van der Waals surface area contributed by atoms with Gasteiger partial charge in [-0.2, -0.15) is 8.78 Å². The largest absolute Gasteiger partial charge is 2.00 e. The van der Waals surface area contributed by atoms with Crippen LogP contribution in [0.1, 0.15) is 20.7 Å². The summed E-state index contributed by atoms with van der Waals surface area (Å²) in [7, 11) is 0. The Morgan fingerprint density at radius 3 is 1.17 bits per heavy atom. The average Bonchev–Trinajstić information content (AvgIpc) is 2.54. The molecule has 29 heavy (non-hydrogen) atoms. The average molecular weight is 470 g/mol. The number of halogens is 4. The Balaban J connectivity index is 0.000000523. The normalized spacial score (nSPS) is 9.52. The van der Waals surface area contributed by atoms with Crippen molar-refractivity contribution >= 4 is 23.3 Å². The molecule has 2 aromatic rings. The van der Waals surface area contributed by atoms with Gasteiger partial charge in [-0.1, -0.05) is 0 Å². The molecule has 0 aliphatic rings. The number of nitro groups is 2. The summed E-state index contributed by atoms with van der Waals surface area (Å²) in [4.78, 5) is 38.4. The first kappa shape index (κ1) is 25.5. The third-order valence-electron chi connectivity index (χ3n) is 2.94. The molecule has 10 nitrogen and oxygen atoms in total. The van der Waals surface area contributed by atoms with Crippen molar-refractivity contribution in [3.63, 3.8) is 0 Å². The van der Waals surface area contributed by atoms with Gasteiger partial charge >= 0.3 is 30.9 Å². The van der Waals surface area contributed by atoms with E-state index in [2.05, 4.69) is 0 Å². The molecule has 0 aliphatic heterocycles. The summed E-state index contributed by atoms with van der Waals surface area (Å²) < 4.78 is 51.2. The number of benzene rings is 2. The van der Waals surface area contributed by atoms with Gasteiger partial charge in [-0.05, 0) is 12.1 Å². The second-order valence-corrected chi connectivity index (χ2v) is 4.60. The number of nitrogens with zero attached hydrogens (tertiary/aromatic N) is 2. The van der Waals surface area contributed by atoms with Crippen LogP contribution in [0.4, 0.5) is 28.9 Å². The predicted octanol–water partition coefficient (Wildman–Crippen LogP) is 0.470. The number of carboxylic acid groups (broad SMARTS) is 2. The first-order valence-corrected chi connectivity index (χ1v) is 6.57. The van der Waals surface area contributed by atoms with Gasteiger partial charge in [0, 0.05) is 12.1 Å². The molecule has 0 aliphatic carbocycles. The molecular weight excluding hydrogens is 466 g/mol. The third kappa shape index (κ3) is 5.75. The van der Waals surface area contributed by atoms with Crippen molar-refractivity contribution < 1.29 is 66.7 Å². The number of hydrogen-bond donors (Lipinski definition) is 0. The van der Waals surface area contributed by atoms with Crippen molar-refractivity contribution in [2.45, 2.75) is 0 Å². The summed E-state index contributed by atoms with van der Waals surface area (Å²) >= 11 is 0. The van der Waals surface area contributed by atoms with Gasteiger partial charge in [0.2, 0.25) is 11.6 Å². The zero-order chi connectivity index (χ0) is 21.8. The molecule has 15 heteroatoms. The zero-order valence-electron chi connectivity index (χ0n) is 13.7. The van der Waals surface area contributed by atoms with E-state index < -0.39 is 67.6 Å². The summed E-state index contributed by atoms with van der Waals surface area (Å²) in [5, 5.41) is 40.7. The van der Waals surface area contributed by atoms with Crippen LogP contribution < -0.4 is 10.2 Å². The van der Waals surface area contributed by atoms with Crippen LogP contribution in [0.2, 0.25) is 0 Å². The molecular formula is C14H4F4N2O8Zn. The van der Waals surface area contributed by atoms with Crippen molar-refractivity contribution in [3.05, 3.63) is 78.9 Å². The number of rotatable bonds is 4. The van der Waals surface area contributed by atoms with E-state index in [1.807, 2.05) is 0 Å². The number of aromatic carboxylic acids is 2. The summed E-state index contributed by atoms with van der Waals surface area (Å²) in [6.45, 7) is 0. The second-order valence-electron chi connectivity index (χ2n) is 4.60. The Kier molecular flexibility index (Phi) is 8.95. The van der Waals surface area contributed by atoms with Gasteiger partial charge in [0.1, 0.15) is 11.6 Å². The molecule has 0 saturated heterocycles. The standard InChI is InChI=1S/2C7H3F2NO4.Zn/c2*8-3-1-2-4(10(13)14)6(9)5(3)7(11)12;/h2*1-2H,(H,11,12);/q;;+2/p-2. The SMILES string of the molecule is O=C([O-])c1c(F)ccc([N+](=O)[O-])c1F.O=C([O-])c1c(F)ccc([N+](=O)[O-])c1F.[Zn+2]. The number of carboxylic acids is 2. The molecule has 2 aromatic carbocycles. The Labute approximate surface area is 169 Å². The molecule has 0 amide bonds. The van der Waals surface area contributed by atoms with Crippen molar-refractivity contribution in [1.82, 2.24) is 0 Å². The number of nitro benzene ring substituents is 2. The summed E-state index contributed by atoms with van der Waals surface area (Å²) in [6.07, 6.45) is 0. The van der Waals surface area contributed by atoms with Gasteiger partial charge in [-0.25, -0.2) is 8.78 Å². The van der Waals surface area contributed by atoms with Gasteiger partial charge in [0.25, 0.3) is 0 Å². The minimum absolute atomic E-state index is 0. The van der Waals surface area contributed by atoms with E-state index >= 15 is 0 Å². The number of hydrogen-bond acceptors (Lipinski definition) is 8. The Hall–Kier alpha value is -3.48. The fourth-order valence-electron chi connectivity index (χ4n) is 1.74. The molecule has 0 fully saturated rings. The third-order valence-corrected chi connectivity index (χ3v) is 2.94. The maximum atomic E-state index is 12.9. The first-order valence-electron chi connectivity index (χ1n) is 6.57. The summed E-state index contributed by atoms with van der Waals surface area (Å²) in [6, 6.07) is 2.06.